The lowest BCUT2D eigenvalue weighted by Crippen LogP contribution is -2.39. The quantitative estimate of drug-likeness (QED) is 0.802. The fourth-order valence-corrected chi connectivity index (χ4v) is 2.86. The fourth-order valence-electron chi connectivity index (χ4n) is 2.86. The molecule has 1 aromatic heterocycles. The average molecular weight is 234 g/mol. The van der Waals surface area contributed by atoms with Gasteiger partial charge in [-0.05, 0) is 32.3 Å². The van der Waals surface area contributed by atoms with Crippen molar-refractivity contribution in [2.75, 3.05) is 13.1 Å². The SMILES string of the molecule is Cc1ccoc1C(=O)N1CCC2CCC(C1)N2. The molecule has 0 aromatic carbocycles. The normalized spacial score (nSPS) is 28.2. The van der Waals surface area contributed by atoms with Crippen LogP contribution >= 0.6 is 0 Å². The molecule has 3 heterocycles. The zero-order chi connectivity index (χ0) is 11.8. The molecule has 2 aliphatic heterocycles. The first-order valence-corrected chi connectivity index (χ1v) is 6.33. The van der Waals surface area contributed by atoms with Crippen molar-refractivity contribution in [3.63, 3.8) is 0 Å². The summed E-state index contributed by atoms with van der Waals surface area (Å²) in [5, 5.41) is 3.57. The first-order chi connectivity index (χ1) is 8.24. The summed E-state index contributed by atoms with van der Waals surface area (Å²) in [6, 6.07) is 2.92. The number of carbonyl (C=O) groups excluding carboxylic acids is 1. The van der Waals surface area contributed by atoms with Crippen LogP contribution < -0.4 is 5.32 Å². The molecule has 92 valence electrons. The molecule has 4 heteroatoms. The maximum absolute atomic E-state index is 12.3. The highest BCUT2D eigenvalue weighted by atomic mass is 16.3. The second kappa shape index (κ2) is 4.18. The number of fused-ring (bicyclic) bond motifs is 2. The number of hydrogen-bond acceptors (Lipinski definition) is 3. The molecule has 2 aliphatic rings. The largest absolute Gasteiger partial charge is 0.459 e. The van der Waals surface area contributed by atoms with Gasteiger partial charge in [0, 0.05) is 30.7 Å². The molecule has 2 unspecified atom stereocenters. The van der Waals surface area contributed by atoms with Crippen LogP contribution in [0.15, 0.2) is 16.7 Å². The molecule has 17 heavy (non-hydrogen) atoms. The van der Waals surface area contributed by atoms with E-state index in [4.69, 9.17) is 4.42 Å². The molecule has 2 fully saturated rings. The highest BCUT2D eigenvalue weighted by Crippen LogP contribution is 2.22. The van der Waals surface area contributed by atoms with Crippen LogP contribution in [0.3, 0.4) is 0 Å². The third-order valence-corrected chi connectivity index (χ3v) is 3.87. The van der Waals surface area contributed by atoms with E-state index in [1.165, 1.54) is 12.8 Å². The zero-order valence-electron chi connectivity index (χ0n) is 10.1. The van der Waals surface area contributed by atoms with Crippen molar-refractivity contribution in [3.05, 3.63) is 23.7 Å². The molecule has 1 amide bonds. The molecular weight excluding hydrogens is 216 g/mol. The molecule has 0 aliphatic carbocycles. The van der Waals surface area contributed by atoms with Crippen LogP contribution in [-0.2, 0) is 0 Å². The smallest absolute Gasteiger partial charge is 0.289 e. The van der Waals surface area contributed by atoms with Crippen molar-refractivity contribution in [2.45, 2.75) is 38.3 Å². The van der Waals surface area contributed by atoms with Gasteiger partial charge in [0.2, 0.25) is 0 Å². The van der Waals surface area contributed by atoms with E-state index in [0.717, 1.165) is 25.1 Å². The molecule has 1 aromatic rings. The van der Waals surface area contributed by atoms with Crippen molar-refractivity contribution < 1.29 is 9.21 Å². The Morgan fingerprint density at radius 2 is 2.24 bits per heavy atom. The molecular formula is C13H18N2O2. The van der Waals surface area contributed by atoms with E-state index >= 15 is 0 Å². The van der Waals surface area contributed by atoms with Gasteiger partial charge in [-0.1, -0.05) is 0 Å². The number of rotatable bonds is 1. The molecule has 2 atom stereocenters. The highest BCUT2D eigenvalue weighted by Gasteiger charge is 2.32. The number of furan rings is 1. The van der Waals surface area contributed by atoms with Gasteiger partial charge in [-0.2, -0.15) is 0 Å². The maximum Gasteiger partial charge on any atom is 0.289 e. The molecule has 1 N–H and O–H groups in total. The summed E-state index contributed by atoms with van der Waals surface area (Å²) in [4.78, 5) is 14.2. The van der Waals surface area contributed by atoms with Crippen LogP contribution in [0, 0.1) is 6.92 Å². The molecule has 0 radical (unpaired) electrons. The number of carbonyl (C=O) groups is 1. The molecule has 4 nitrogen and oxygen atoms in total. The molecule has 0 saturated carbocycles. The van der Waals surface area contributed by atoms with E-state index < -0.39 is 0 Å². The van der Waals surface area contributed by atoms with E-state index in [-0.39, 0.29) is 5.91 Å². The molecule has 2 bridgehead atoms. The van der Waals surface area contributed by atoms with Gasteiger partial charge in [-0.15, -0.1) is 0 Å². The topological polar surface area (TPSA) is 45.5 Å². The maximum atomic E-state index is 12.3. The Morgan fingerprint density at radius 3 is 3.00 bits per heavy atom. The number of amides is 1. The summed E-state index contributed by atoms with van der Waals surface area (Å²) in [6.07, 6.45) is 5.09. The van der Waals surface area contributed by atoms with Crippen molar-refractivity contribution in [1.82, 2.24) is 10.2 Å². The van der Waals surface area contributed by atoms with Gasteiger partial charge in [0.15, 0.2) is 5.76 Å². The summed E-state index contributed by atoms with van der Waals surface area (Å²) in [7, 11) is 0. The Kier molecular flexibility index (Phi) is 2.67. The number of nitrogens with zero attached hydrogens (tertiary/aromatic N) is 1. The number of likely N-dealkylation sites (tertiary alicyclic amines) is 1. The lowest BCUT2D eigenvalue weighted by atomic mass is 10.1. The van der Waals surface area contributed by atoms with Gasteiger partial charge in [0.1, 0.15) is 0 Å². The van der Waals surface area contributed by atoms with E-state index in [1.807, 2.05) is 17.9 Å². The van der Waals surface area contributed by atoms with Crippen LogP contribution in [0.1, 0.15) is 35.4 Å². The second-order valence-electron chi connectivity index (χ2n) is 5.11. The van der Waals surface area contributed by atoms with Gasteiger partial charge >= 0.3 is 0 Å². The minimum Gasteiger partial charge on any atom is -0.459 e. The fraction of sp³-hybridized carbons (Fsp3) is 0.615. The monoisotopic (exact) mass is 234 g/mol. The van der Waals surface area contributed by atoms with Crippen molar-refractivity contribution in [1.29, 1.82) is 0 Å². The van der Waals surface area contributed by atoms with Crippen molar-refractivity contribution in [3.8, 4) is 0 Å². The summed E-state index contributed by atoms with van der Waals surface area (Å²) in [5.41, 5.74) is 0.928. The van der Waals surface area contributed by atoms with Gasteiger partial charge in [0.25, 0.3) is 5.91 Å². The number of hydrogen-bond donors (Lipinski definition) is 1. The van der Waals surface area contributed by atoms with Crippen LogP contribution in [0.5, 0.6) is 0 Å². The Morgan fingerprint density at radius 1 is 1.41 bits per heavy atom. The van der Waals surface area contributed by atoms with E-state index in [1.54, 1.807) is 6.26 Å². The van der Waals surface area contributed by atoms with Crippen molar-refractivity contribution >= 4 is 5.91 Å². The predicted molar refractivity (Wildman–Crippen MR) is 63.9 cm³/mol. The van der Waals surface area contributed by atoms with E-state index in [9.17, 15) is 4.79 Å². The predicted octanol–water partition coefficient (Wildman–Crippen LogP) is 1.55. The highest BCUT2D eigenvalue weighted by molar-refractivity contribution is 5.92. The first kappa shape index (κ1) is 10.8. The summed E-state index contributed by atoms with van der Waals surface area (Å²) in [5.74, 6) is 0.546. The molecule has 0 spiro atoms. The van der Waals surface area contributed by atoms with Gasteiger partial charge < -0.3 is 14.6 Å². The second-order valence-corrected chi connectivity index (χ2v) is 5.11. The van der Waals surface area contributed by atoms with Crippen LogP contribution in [0.4, 0.5) is 0 Å². The first-order valence-electron chi connectivity index (χ1n) is 6.33. The lowest BCUT2D eigenvalue weighted by molar-refractivity contribution is 0.0715. The van der Waals surface area contributed by atoms with Crippen molar-refractivity contribution in [2.24, 2.45) is 0 Å². The van der Waals surface area contributed by atoms with Crippen LogP contribution in [0.2, 0.25) is 0 Å². The Bertz CT molecular complexity index is 427. The Hall–Kier alpha value is -1.29. The minimum atomic E-state index is 0.0434. The summed E-state index contributed by atoms with van der Waals surface area (Å²) in [6.45, 7) is 3.57. The standard InChI is InChI=1S/C13H18N2O2/c1-9-5-7-17-12(9)13(16)15-6-4-10-2-3-11(8-15)14-10/h5,7,10-11,14H,2-4,6,8H2,1H3. The summed E-state index contributed by atoms with van der Waals surface area (Å²) < 4.78 is 5.29. The minimum absolute atomic E-state index is 0.0434. The number of nitrogens with one attached hydrogen (secondary N) is 1. The zero-order valence-corrected chi connectivity index (χ0v) is 10.1. The van der Waals surface area contributed by atoms with Gasteiger partial charge in [0.05, 0.1) is 6.26 Å². The molecule has 3 rings (SSSR count). The molecule has 2 saturated heterocycles. The lowest BCUT2D eigenvalue weighted by Gasteiger charge is -2.23. The summed E-state index contributed by atoms with van der Waals surface area (Å²) >= 11 is 0. The van der Waals surface area contributed by atoms with Crippen LogP contribution in [0.25, 0.3) is 0 Å². The third-order valence-electron chi connectivity index (χ3n) is 3.87. The van der Waals surface area contributed by atoms with Crippen LogP contribution in [-0.4, -0.2) is 36.0 Å². The Balaban J connectivity index is 1.76. The third kappa shape index (κ3) is 1.97. The van der Waals surface area contributed by atoms with Gasteiger partial charge in [-0.3, -0.25) is 4.79 Å². The van der Waals surface area contributed by atoms with E-state index in [2.05, 4.69) is 5.32 Å². The Labute approximate surface area is 101 Å². The van der Waals surface area contributed by atoms with E-state index in [0.29, 0.717) is 17.8 Å². The average Bonchev–Trinajstić information content (AvgIpc) is 2.84. The van der Waals surface area contributed by atoms with Gasteiger partial charge in [-0.25, -0.2) is 0 Å². The number of aryl methyl sites for hydroxylation is 1.